The molecule has 1 atom stereocenters. The van der Waals surface area contributed by atoms with Crippen molar-refractivity contribution in [2.75, 3.05) is 18.6 Å². The van der Waals surface area contributed by atoms with E-state index in [2.05, 4.69) is 32.5 Å². The minimum Gasteiger partial charge on any atom is -0.350 e. The van der Waals surface area contributed by atoms with Crippen LogP contribution < -0.4 is 10.0 Å². The summed E-state index contributed by atoms with van der Waals surface area (Å²) in [6, 6.07) is 4.04. The van der Waals surface area contributed by atoms with Crippen LogP contribution in [-0.2, 0) is 14.8 Å². The van der Waals surface area contributed by atoms with Gasteiger partial charge in [-0.2, -0.15) is 16.5 Å². The number of carbonyl (C=O) groups excluding carboxylic acids is 1. The molecule has 1 amide bonds. The van der Waals surface area contributed by atoms with Crippen LogP contribution in [0, 0.1) is 5.82 Å². The molecule has 0 aliphatic rings. The normalized spacial score (nSPS) is 12.7. The molecule has 2 N–H and O–H groups in total. The Morgan fingerprint density at radius 1 is 1.43 bits per heavy atom. The van der Waals surface area contributed by atoms with E-state index in [0.717, 1.165) is 12.1 Å². The summed E-state index contributed by atoms with van der Waals surface area (Å²) in [6.07, 6.45) is 2.14. The maximum absolute atomic E-state index is 13.7. The highest BCUT2D eigenvalue weighted by atomic mass is 79.9. The predicted octanol–water partition coefficient (Wildman–Crippen LogP) is 2.25. The van der Waals surface area contributed by atoms with Gasteiger partial charge in [0.15, 0.2) is 0 Å². The monoisotopic (exact) mass is 424 g/mol. The smallest absolute Gasteiger partial charge is 0.244 e. The third-order valence-electron chi connectivity index (χ3n) is 2.81. The van der Waals surface area contributed by atoms with Crippen molar-refractivity contribution in [2.24, 2.45) is 0 Å². The van der Waals surface area contributed by atoms with Crippen LogP contribution in [0.1, 0.15) is 6.42 Å². The lowest BCUT2D eigenvalue weighted by molar-refractivity contribution is -0.122. The van der Waals surface area contributed by atoms with Gasteiger partial charge < -0.3 is 5.32 Å². The van der Waals surface area contributed by atoms with Crippen LogP contribution in [0.15, 0.2) is 40.2 Å². The van der Waals surface area contributed by atoms with E-state index in [1.54, 1.807) is 0 Å². The molecule has 0 aromatic heterocycles. The molecule has 128 valence electrons. The maximum Gasteiger partial charge on any atom is 0.244 e. The van der Waals surface area contributed by atoms with Gasteiger partial charge in [-0.25, -0.2) is 12.8 Å². The van der Waals surface area contributed by atoms with Crippen LogP contribution in [0.25, 0.3) is 0 Å². The molecule has 1 aromatic carbocycles. The molecule has 1 unspecified atom stereocenters. The van der Waals surface area contributed by atoms with Gasteiger partial charge in [-0.15, -0.1) is 0 Å². The highest BCUT2D eigenvalue weighted by Gasteiger charge is 2.27. The second-order valence-corrected chi connectivity index (χ2v) is 8.41. The van der Waals surface area contributed by atoms with Crippen LogP contribution in [-0.4, -0.2) is 38.9 Å². The molecule has 0 aliphatic heterocycles. The van der Waals surface area contributed by atoms with Crippen molar-refractivity contribution in [3.05, 3.63) is 41.1 Å². The zero-order valence-electron chi connectivity index (χ0n) is 12.5. The summed E-state index contributed by atoms with van der Waals surface area (Å²) in [5, 5.41) is 2.56. The Labute approximate surface area is 148 Å². The molecule has 0 heterocycles. The number of halogens is 2. The number of nitrogens with one attached hydrogen (secondary N) is 2. The number of thioether (sulfide) groups is 1. The summed E-state index contributed by atoms with van der Waals surface area (Å²) in [4.78, 5) is 11.7. The second kappa shape index (κ2) is 9.41. The predicted molar refractivity (Wildman–Crippen MR) is 94.6 cm³/mol. The van der Waals surface area contributed by atoms with Crippen molar-refractivity contribution in [1.29, 1.82) is 0 Å². The van der Waals surface area contributed by atoms with Crippen molar-refractivity contribution in [3.8, 4) is 0 Å². The molecule has 0 aliphatic carbocycles. The first-order chi connectivity index (χ1) is 10.8. The Hall–Kier alpha value is -0.900. The quantitative estimate of drug-likeness (QED) is 0.637. The van der Waals surface area contributed by atoms with Crippen molar-refractivity contribution in [1.82, 2.24) is 10.0 Å². The zero-order valence-corrected chi connectivity index (χ0v) is 15.7. The molecule has 0 fully saturated rings. The van der Waals surface area contributed by atoms with E-state index in [1.165, 1.54) is 23.9 Å². The third kappa shape index (κ3) is 6.62. The molecular formula is C14H18BrFN2O3S2. The molecule has 0 saturated heterocycles. The number of rotatable bonds is 9. The van der Waals surface area contributed by atoms with Gasteiger partial charge >= 0.3 is 0 Å². The molecule has 1 aromatic rings. The number of carbonyl (C=O) groups is 1. The van der Waals surface area contributed by atoms with Gasteiger partial charge in [-0.05, 0) is 30.6 Å². The molecular weight excluding hydrogens is 407 g/mol. The molecule has 0 radical (unpaired) electrons. The summed E-state index contributed by atoms with van der Waals surface area (Å²) in [6.45, 7) is 3.77. The minimum atomic E-state index is -4.13. The fourth-order valence-electron chi connectivity index (χ4n) is 1.70. The van der Waals surface area contributed by atoms with Crippen molar-refractivity contribution in [3.63, 3.8) is 0 Å². The van der Waals surface area contributed by atoms with E-state index >= 15 is 0 Å². The minimum absolute atomic E-state index is 0.177. The molecule has 0 saturated carbocycles. The lowest BCUT2D eigenvalue weighted by Gasteiger charge is -2.18. The summed E-state index contributed by atoms with van der Waals surface area (Å²) >= 11 is 4.59. The Morgan fingerprint density at radius 2 is 2.09 bits per heavy atom. The molecule has 0 bridgehead atoms. The SMILES string of the molecule is C=C(Br)CNC(=O)C(CCSC)NS(=O)(=O)c1ccccc1F. The average molecular weight is 425 g/mol. The van der Waals surface area contributed by atoms with Gasteiger partial charge in [0.25, 0.3) is 0 Å². The van der Waals surface area contributed by atoms with E-state index in [0.29, 0.717) is 10.2 Å². The highest BCUT2D eigenvalue weighted by molar-refractivity contribution is 9.11. The fourth-order valence-corrected chi connectivity index (χ4v) is 3.62. The number of sulfonamides is 1. The largest absolute Gasteiger partial charge is 0.350 e. The third-order valence-corrected chi connectivity index (χ3v) is 5.23. The van der Waals surface area contributed by atoms with Crippen molar-refractivity contribution in [2.45, 2.75) is 17.4 Å². The fraction of sp³-hybridized carbons (Fsp3) is 0.357. The van der Waals surface area contributed by atoms with Crippen molar-refractivity contribution < 1.29 is 17.6 Å². The Bertz CT molecular complexity index is 668. The first-order valence-corrected chi connectivity index (χ1v) is 10.3. The second-order valence-electron chi connectivity index (χ2n) is 4.62. The van der Waals surface area contributed by atoms with E-state index in [4.69, 9.17) is 0 Å². The van der Waals surface area contributed by atoms with E-state index < -0.39 is 32.7 Å². The number of hydrogen-bond donors (Lipinski definition) is 2. The Kier molecular flexibility index (Phi) is 8.24. The van der Waals surface area contributed by atoms with E-state index in [9.17, 15) is 17.6 Å². The zero-order chi connectivity index (χ0) is 17.5. The standard InChI is InChI=1S/C14H18BrFN2O3S2/c1-10(15)9-17-14(19)12(7-8-22-2)18-23(20,21)13-6-4-3-5-11(13)16/h3-6,12,18H,1,7-9H2,2H3,(H,17,19). The topological polar surface area (TPSA) is 75.3 Å². The Balaban J connectivity index is 2.93. The highest BCUT2D eigenvalue weighted by Crippen LogP contribution is 2.15. The van der Waals surface area contributed by atoms with E-state index in [-0.39, 0.29) is 13.0 Å². The number of amides is 1. The van der Waals surface area contributed by atoms with Crippen LogP contribution in [0.2, 0.25) is 0 Å². The summed E-state index contributed by atoms with van der Waals surface area (Å²) in [5.74, 6) is -0.773. The van der Waals surface area contributed by atoms with Crippen molar-refractivity contribution >= 4 is 43.6 Å². The molecule has 9 heteroatoms. The number of hydrogen-bond acceptors (Lipinski definition) is 4. The van der Waals surface area contributed by atoms with Crippen LogP contribution in [0.4, 0.5) is 4.39 Å². The lowest BCUT2D eigenvalue weighted by Crippen LogP contribution is -2.47. The van der Waals surface area contributed by atoms with E-state index in [1.807, 2.05) is 6.26 Å². The van der Waals surface area contributed by atoms with Gasteiger partial charge in [0.2, 0.25) is 15.9 Å². The van der Waals surface area contributed by atoms with Gasteiger partial charge in [-0.1, -0.05) is 34.6 Å². The molecule has 23 heavy (non-hydrogen) atoms. The van der Waals surface area contributed by atoms with Crippen LogP contribution in [0.3, 0.4) is 0 Å². The average Bonchev–Trinajstić information content (AvgIpc) is 2.49. The van der Waals surface area contributed by atoms with Crippen LogP contribution >= 0.6 is 27.7 Å². The Morgan fingerprint density at radius 3 is 2.65 bits per heavy atom. The molecule has 1 rings (SSSR count). The van der Waals surface area contributed by atoms with Gasteiger partial charge in [0, 0.05) is 11.0 Å². The number of benzene rings is 1. The maximum atomic E-state index is 13.7. The van der Waals surface area contributed by atoms with Gasteiger partial charge in [0.05, 0.1) is 0 Å². The van der Waals surface area contributed by atoms with Gasteiger partial charge in [-0.3, -0.25) is 4.79 Å². The molecule has 0 spiro atoms. The van der Waals surface area contributed by atoms with Gasteiger partial charge in [0.1, 0.15) is 16.8 Å². The summed E-state index contributed by atoms with van der Waals surface area (Å²) in [7, 11) is -4.13. The summed E-state index contributed by atoms with van der Waals surface area (Å²) < 4.78 is 41.1. The van der Waals surface area contributed by atoms with Crippen LogP contribution in [0.5, 0.6) is 0 Å². The first-order valence-electron chi connectivity index (χ1n) is 6.64. The summed E-state index contributed by atoms with van der Waals surface area (Å²) in [5.41, 5.74) is 0. The molecule has 5 nitrogen and oxygen atoms in total. The lowest BCUT2D eigenvalue weighted by atomic mass is 10.2. The first kappa shape index (κ1) is 20.1.